The van der Waals surface area contributed by atoms with Crippen molar-refractivity contribution in [3.05, 3.63) is 70.8 Å². The van der Waals surface area contributed by atoms with E-state index in [0.29, 0.717) is 0 Å². The van der Waals surface area contributed by atoms with Gasteiger partial charge in [-0.15, -0.1) is 0 Å². The Balaban J connectivity index is 1.93. The van der Waals surface area contributed by atoms with E-state index in [1.807, 2.05) is 0 Å². The van der Waals surface area contributed by atoms with E-state index >= 15 is 0 Å². The second kappa shape index (κ2) is 4.82. The molecule has 0 aliphatic heterocycles. The molecule has 0 radical (unpaired) electrons. The largest absolute Gasteiger partial charge is 0.321 e. The minimum atomic E-state index is -0.215. The maximum Gasteiger partial charge on any atom is 0.0491 e. The zero-order valence-electron chi connectivity index (χ0n) is 11.5. The molecule has 0 bridgehead atoms. The van der Waals surface area contributed by atoms with Gasteiger partial charge in [0.15, 0.2) is 0 Å². The third kappa shape index (κ3) is 2.31. The van der Waals surface area contributed by atoms with Crippen molar-refractivity contribution in [1.29, 1.82) is 0 Å². The van der Waals surface area contributed by atoms with Crippen LogP contribution in [0.25, 0.3) is 0 Å². The number of nitrogens with two attached hydrogens (primary N) is 1. The van der Waals surface area contributed by atoms with Crippen LogP contribution in [0.1, 0.15) is 35.6 Å². The lowest BCUT2D eigenvalue weighted by molar-refractivity contribution is 0.472. The summed E-state index contributed by atoms with van der Waals surface area (Å²) in [6.07, 6.45) is 4.23. The summed E-state index contributed by atoms with van der Waals surface area (Å²) in [6, 6.07) is 17.5. The van der Waals surface area contributed by atoms with E-state index in [-0.39, 0.29) is 5.54 Å². The summed E-state index contributed by atoms with van der Waals surface area (Å²) in [7, 11) is 0. The molecule has 19 heavy (non-hydrogen) atoms. The summed E-state index contributed by atoms with van der Waals surface area (Å²) in [6.45, 7) is 2.22. The van der Waals surface area contributed by atoms with Crippen molar-refractivity contribution in [2.45, 2.75) is 38.1 Å². The molecule has 1 aliphatic carbocycles. The van der Waals surface area contributed by atoms with Gasteiger partial charge < -0.3 is 5.73 Å². The number of fused-ring (bicyclic) bond motifs is 1. The summed E-state index contributed by atoms with van der Waals surface area (Å²) in [5.74, 6) is 0. The number of hydrogen-bond donors (Lipinski definition) is 1. The minimum Gasteiger partial charge on any atom is -0.321 e. The second-order valence-corrected chi connectivity index (χ2v) is 5.73. The van der Waals surface area contributed by atoms with E-state index in [2.05, 4.69) is 55.5 Å². The molecule has 2 aromatic rings. The first kappa shape index (κ1) is 12.4. The van der Waals surface area contributed by atoms with Crippen LogP contribution in [-0.4, -0.2) is 0 Å². The van der Waals surface area contributed by atoms with Gasteiger partial charge in [0.2, 0.25) is 0 Å². The Bertz CT molecular complexity index is 561. The lowest BCUT2D eigenvalue weighted by Gasteiger charge is -2.25. The zero-order valence-corrected chi connectivity index (χ0v) is 11.5. The van der Waals surface area contributed by atoms with Crippen molar-refractivity contribution in [2.24, 2.45) is 5.73 Å². The fourth-order valence-electron chi connectivity index (χ4n) is 3.17. The fraction of sp³-hybridized carbons (Fsp3) is 0.333. The second-order valence-electron chi connectivity index (χ2n) is 5.73. The van der Waals surface area contributed by atoms with Gasteiger partial charge in [-0.05, 0) is 41.5 Å². The van der Waals surface area contributed by atoms with Crippen LogP contribution in [0.2, 0.25) is 0 Å². The molecule has 1 aliphatic rings. The molecule has 2 aromatic carbocycles. The van der Waals surface area contributed by atoms with E-state index in [9.17, 15) is 0 Å². The van der Waals surface area contributed by atoms with Crippen molar-refractivity contribution < 1.29 is 0 Å². The average Bonchev–Trinajstić information content (AvgIpc) is 2.77. The highest BCUT2D eigenvalue weighted by molar-refractivity contribution is 5.42. The van der Waals surface area contributed by atoms with Crippen LogP contribution in [0.15, 0.2) is 48.5 Å². The number of benzene rings is 2. The molecule has 0 spiro atoms. The van der Waals surface area contributed by atoms with Gasteiger partial charge in [-0.3, -0.25) is 0 Å². The average molecular weight is 251 g/mol. The van der Waals surface area contributed by atoms with Crippen LogP contribution in [0.3, 0.4) is 0 Å². The highest BCUT2D eigenvalue weighted by atomic mass is 14.8. The quantitative estimate of drug-likeness (QED) is 0.886. The normalized spacial score (nSPS) is 16.3. The van der Waals surface area contributed by atoms with Crippen LogP contribution in [0.5, 0.6) is 0 Å². The molecule has 0 heterocycles. The van der Waals surface area contributed by atoms with Gasteiger partial charge in [0.1, 0.15) is 0 Å². The predicted octanol–water partition coefficient (Wildman–Crippen LogP) is 3.59. The Morgan fingerprint density at radius 2 is 1.68 bits per heavy atom. The standard InChI is InChI=1S/C18H21N/c1-2-6-14-7-5-10-17(11-14)18(19)12-15-8-3-4-9-16(15)13-18/h3-5,7-11H,2,6,12-13,19H2,1H3. The molecule has 0 amide bonds. The van der Waals surface area contributed by atoms with Crippen LogP contribution in [-0.2, 0) is 24.8 Å². The van der Waals surface area contributed by atoms with E-state index in [1.165, 1.54) is 28.7 Å². The lowest BCUT2D eigenvalue weighted by Crippen LogP contribution is -2.37. The van der Waals surface area contributed by atoms with Crippen LogP contribution < -0.4 is 5.73 Å². The Labute approximate surface area is 115 Å². The highest BCUT2D eigenvalue weighted by Gasteiger charge is 2.34. The van der Waals surface area contributed by atoms with Crippen molar-refractivity contribution in [3.8, 4) is 0 Å². The van der Waals surface area contributed by atoms with Crippen LogP contribution in [0.4, 0.5) is 0 Å². The van der Waals surface area contributed by atoms with Gasteiger partial charge in [-0.1, -0.05) is 61.9 Å². The molecular weight excluding hydrogens is 230 g/mol. The first-order chi connectivity index (χ1) is 9.21. The molecule has 0 saturated heterocycles. The summed E-state index contributed by atoms with van der Waals surface area (Å²) in [5.41, 5.74) is 12.0. The molecule has 0 fully saturated rings. The summed E-state index contributed by atoms with van der Waals surface area (Å²) in [5, 5.41) is 0. The molecule has 1 nitrogen and oxygen atoms in total. The maximum atomic E-state index is 6.70. The van der Waals surface area contributed by atoms with Crippen LogP contribution >= 0.6 is 0 Å². The fourth-order valence-corrected chi connectivity index (χ4v) is 3.17. The van der Waals surface area contributed by atoms with E-state index in [0.717, 1.165) is 19.3 Å². The third-order valence-corrected chi connectivity index (χ3v) is 4.17. The topological polar surface area (TPSA) is 26.0 Å². The van der Waals surface area contributed by atoms with Gasteiger partial charge in [0.05, 0.1) is 0 Å². The molecule has 0 saturated carbocycles. The number of hydrogen-bond acceptors (Lipinski definition) is 1. The van der Waals surface area contributed by atoms with E-state index in [4.69, 9.17) is 5.73 Å². The van der Waals surface area contributed by atoms with Crippen molar-refractivity contribution in [2.75, 3.05) is 0 Å². The van der Waals surface area contributed by atoms with E-state index in [1.54, 1.807) is 0 Å². The van der Waals surface area contributed by atoms with Gasteiger partial charge in [0.25, 0.3) is 0 Å². The molecular formula is C18H21N. The monoisotopic (exact) mass is 251 g/mol. The Kier molecular flexibility index (Phi) is 3.16. The maximum absolute atomic E-state index is 6.70. The highest BCUT2D eigenvalue weighted by Crippen LogP contribution is 2.35. The van der Waals surface area contributed by atoms with Crippen LogP contribution in [0, 0.1) is 0 Å². The molecule has 0 unspecified atom stereocenters. The first-order valence-electron chi connectivity index (χ1n) is 7.16. The summed E-state index contributed by atoms with van der Waals surface area (Å²) < 4.78 is 0. The summed E-state index contributed by atoms with van der Waals surface area (Å²) >= 11 is 0. The first-order valence-corrected chi connectivity index (χ1v) is 7.16. The van der Waals surface area contributed by atoms with Crippen molar-refractivity contribution >= 4 is 0 Å². The summed E-state index contributed by atoms with van der Waals surface area (Å²) in [4.78, 5) is 0. The number of aryl methyl sites for hydroxylation is 1. The smallest absolute Gasteiger partial charge is 0.0491 e. The van der Waals surface area contributed by atoms with Gasteiger partial charge in [-0.25, -0.2) is 0 Å². The van der Waals surface area contributed by atoms with Gasteiger partial charge in [0, 0.05) is 5.54 Å². The third-order valence-electron chi connectivity index (χ3n) is 4.17. The molecule has 3 rings (SSSR count). The van der Waals surface area contributed by atoms with E-state index < -0.39 is 0 Å². The Hall–Kier alpha value is -1.60. The van der Waals surface area contributed by atoms with Gasteiger partial charge >= 0.3 is 0 Å². The molecule has 1 heteroatoms. The molecule has 0 atom stereocenters. The Morgan fingerprint density at radius 3 is 2.32 bits per heavy atom. The van der Waals surface area contributed by atoms with Crippen molar-refractivity contribution in [1.82, 2.24) is 0 Å². The number of rotatable bonds is 3. The SMILES string of the molecule is CCCc1cccc(C2(N)Cc3ccccc3C2)c1. The van der Waals surface area contributed by atoms with Gasteiger partial charge in [-0.2, -0.15) is 0 Å². The molecule has 0 aromatic heterocycles. The molecule has 98 valence electrons. The predicted molar refractivity (Wildman–Crippen MR) is 80.2 cm³/mol. The Morgan fingerprint density at radius 1 is 1.00 bits per heavy atom. The lowest BCUT2D eigenvalue weighted by atomic mass is 9.86. The molecule has 2 N–H and O–H groups in total. The van der Waals surface area contributed by atoms with Crippen molar-refractivity contribution in [3.63, 3.8) is 0 Å². The minimum absolute atomic E-state index is 0.215. The zero-order chi connectivity index (χ0) is 13.3.